The SMILES string of the molecule is C=N/C(=C\N(C)c1nc(NC(CC)CO)ncc1C)C(=O)N[C@H](CO)c1cccc(Cl)c1. The minimum Gasteiger partial charge on any atom is -0.394 e. The van der Waals surface area contributed by atoms with Crippen LogP contribution in [0.15, 0.2) is 47.4 Å². The van der Waals surface area contributed by atoms with Gasteiger partial charge in [-0.15, -0.1) is 0 Å². The van der Waals surface area contributed by atoms with Crippen LogP contribution >= 0.6 is 11.6 Å². The molecule has 0 radical (unpaired) electrons. The number of rotatable bonds is 11. The summed E-state index contributed by atoms with van der Waals surface area (Å²) in [4.78, 5) is 27.0. The molecule has 0 bridgehead atoms. The molecule has 0 saturated heterocycles. The molecule has 1 unspecified atom stereocenters. The molecule has 1 heterocycles. The number of aliphatic imine (C=N–C) groups is 1. The number of aliphatic hydroxyl groups excluding tert-OH is 2. The molecule has 2 rings (SSSR count). The zero-order chi connectivity index (χ0) is 23.7. The number of aromatic nitrogens is 2. The van der Waals surface area contributed by atoms with Gasteiger partial charge in [-0.25, -0.2) is 4.98 Å². The van der Waals surface area contributed by atoms with Crippen molar-refractivity contribution in [1.82, 2.24) is 15.3 Å². The summed E-state index contributed by atoms with van der Waals surface area (Å²) in [5.41, 5.74) is 1.49. The number of benzene rings is 1. The monoisotopic (exact) mass is 460 g/mol. The van der Waals surface area contributed by atoms with E-state index in [1.165, 1.54) is 6.20 Å². The molecule has 0 saturated carbocycles. The lowest BCUT2D eigenvalue weighted by molar-refractivity contribution is -0.118. The Hall–Kier alpha value is -3.01. The van der Waals surface area contributed by atoms with Crippen LogP contribution < -0.4 is 15.5 Å². The van der Waals surface area contributed by atoms with Crippen LogP contribution in [-0.4, -0.2) is 59.1 Å². The molecule has 0 aliphatic heterocycles. The van der Waals surface area contributed by atoms with E-state index < -0.39 is 11.9 Å². The Morgan fingerprint density at radius 2 is 2.12 bits per heavy atom. The number of hydrogen-bond acceptors (Lipinski definition) is 8. The number of aliphatic hydroxyl groups is 2. The van der Waals surface area contributed by atoms with Crippen LogP contribution in [0.5, 0.6) is 0 Å². The Bertz CT molecular complexity index is 964. The van der Waals surface area contributed by atoms with E-state index in [0.717, 1.165) is 5.56 Å². The molecule has 9 nitrogen and oxygen atoms in total. The first-order valence-corrected chi connectivity index (χ1v) is 10.5. The number of nitrogens with one attached hydrogen (secondary N) is 2. The average Bonchev–Trinajstić information content (AvgIpc) is 2.79. The Morgan fingerprint density at radius 3 is 2.72 bits per heavy atom. The van der Waals surface area contributed by atoms with Crippen LogP contribution in [0.4, 0.5) is 11.8 Å². The van der Waals surface area contributed by atoms with Crippen molar-refractivity contribution in [2.45, 2.75) is 32.4 Å². The zero-order valence-electron chi connectivity index (χ0n) is 18.4. The fraction of sp³-hybridized carbons (Fsp3) is 0.364. The molecule has 172 valence electrons. The van der Waals surface area contributed by atoms with Crippen molar-refractivity contribution in [3.8, 4) is 0 Å². The molecule has 4 N–H and O–H groups in total. The molecule has 10 heteroatoms. The Balaban J connectivity index is 2.22. The highest BCUT2D eigenvalue weighted by atomic mass is 35.5. The van der Waals surface area contributed by atoms with E-state index in [1.54, 1.807) is 42.4 Å². The molecule has 1 aromatic carbocycles. The number of hydrogen-bond donors (Lipinski definition) is 4. The molecule has 1 aromatic heterocycles. The molecule has 0 aliphatic carbocycles. The zero-order valence-corrected chi connectivity index (χ0v) is 19.2. The minimum absolute atomic E-state index is 0.0395. The highest BCUT2D eigenvalue weighted by Crippen LogP contribution is 2.20. The van der Waals surface area contributed by atoms with Gasteiger partial charge in [0, 0.05) is 30.0 Å². The highest BCUT2D eigenvalue weighted by Gasteiger charge is 2.18. The number of anilines is 2. The Labute approximate surface area is 192 Å². The summed E-state index contributed by atoms with van der Waals surface area (Å²) >= 11 is 6.01. The van der Waals surface area contributed by atoms with Gasteiger partial charge in [-0.05, 0) is 37.8 Å². The molecule has 2 aromatic rings. The van der Waals surface area contributed by atoms with E-state index in [0.29, 0.717) is 28.8 Å². The highest BCUT2D eigenvalue weighted by molar-refractivity contribution is 6.30. The lowest BCUT2D eigenvalue weighted by Gasteiger charge is -2.20. The number of nitrogens with zero attached hydrogens (tertiary/aromatic N) is 4. The Morgan fingerprint density at radius 1 is 1.38 bits per heavy atom. The van der Waals surface area contributed by atoms with E-state index in [2.05, 4.69) is 32.3 Å². The van der Waals surface area contributed by atoms with E-state index in [1.807, 2.05) is 13.8 Å². The van der Waals surface area contributed by atoms with Crippen molar-refractivity contribution in [2.75, 3.05) is 30.5 Å². The van der Waals surface area contributed by atoms with Gasteiger partial charge < -0.3 is 25.7 Å². The predicted octanol–water partition coefficient (Wildman–Crippen LogP) is 2.45. The second-order valence-corrected chi connectivity index (χ2v) is 7.62. The summed E-state index contributed by atoms with van der Waals surface area (Å²) < 4.78 is 0. The first-order chi connectivity index (χ1) is 15.3. The quantitative estimate of drug-likeness (QED) is 0.300. The standard InChI is InChI=1S/C22H29ClN6O3/c1-5-17(12-30)26-22-25-10-14(2)20(28-22)29(4)11-18(24-3)21(32)27-19(13-31)15-7-6-8-16(23)9-15/h6-11,17,19,30-31H,3,5,12-13H2,1-2,4H3,(H,27,32)(H,25,26,28)/b18-11-/t17?,19-/m1/s1. The summed E-state index contributed by atoms with van der Waals surface area (Å²) in [6.45, 7) is 6.93. The van der Waals surface area contributed by atoms with E-state index >= 15 is 0 Å². The third kappa shape index (κ3) is 6.74. The van der Waals surface area contributed by atoms with Crippen molar-refractivity contribution >= 4 is 36.0 Å². The maximum atomic E-state index is 12.8. The van der Waals surface area contributed by atoms with Gasteiger partial charge in [0.1, 0.15) is 11.5 Å². The molecular formula is C22H29ClN6O3. The summed E-state index contributed by atoms with van der Waals surface area (Å²) in [6.07, 6.45) is 3.86. The predicted molar refractivity (Wildman–Crippen MR) is 127 cm³/mol. The van der Waals surface area contributed by atoms with E-state index in [4.69, 9.17) is 11.6 Å². The van der Waals surface area contributed by atoms with Crippen LogP contribution in [0.1, 0.15) is 30.5 Å². The molecule has 0 fully saturated rings. The van der Waals surface area contributed by atoms with Gasteiger partial charge in [0.25, 0.3) is 5.91 Å². The van der Waals surface area contributed by atoms with Gasteiger partial charge >= 0.3 is 0 Å². The first-order valence-electron chi connectivity index (χ1n) is 10.1. The lowest BCUT2D eigenvalue weighted by atomic mass is 10.1. The second kappa shape index (κ2) is 12.1. The van der Waals surface area contributed by atoms with Crippen LogP contribution in [0.25, 0.3) is 0 Å². The third-order valence-electron chi connectivity index (χ3n) is 4.78. The Kier molecular flexibility index (Phi) is 9.58. The maximum Gasteiger partial charge on any atom is 0.271 e. The number of halogens is 1. The molecule has 2 atom stereocenters. The largest absolute Gasteiger partial charge is 0.394 e. The summed E-state index contributed by atoms with van der Waals surface area (Å²) in [6, 6.07) is 6.07. The maximum absolute atomic E-state index is 12.8. The summed E-state index contributed by atoms with van der Waals surface area (Å²) in [5, 5.41) is 25.4. The fourth-order valence-electron chi connectivity index (χ4n) is 2.92. The van der Waals surface area contributed by atoms with Crippen LogP contribution in [0.2, 0.25) is 5.02 Å². The van der Waals surface area contributed by atoms with E-state index in [9.17, 15) is 15.0 Å². The number of aryl methyl sites for hydroxylation is 1. The van der Waals surface area contributed by atoms with Crippen LogP contribution in [0, 0.1) is 6.92 Å². The molecule has 0 aliphatic rings. The van der Waals surface area contributed by atoms with Crippen molar-refractivity contribution in [2.24, 2.45) is 4.99 Å². The molecule has 0 spiro atoms. The van der Waals surface area contributed by atoms with Gasteiger partial charge in [-0.1, -0.05) is 30.7 Å². The lowest BCUT2D eigenvalue weighted by Crippen LogP contribution is -2.32. The number of carbonyl (C=O) groups is 1. The van der Waals surface area contributed by atoms with Crippen molar-refractivity contribution < 1.29 is 15.0 Å². The fourth-order valence-corrected chi connectivity index (χ4v) is 3.12. The van der Waals surface area contributed by atoms with Crippen LogP contribution in [0.3, 0.4) is 0 Å². The van der Waals surface area contributed by atoms with Gasteiger partial charge in [0.05, 0.1) is 25.3 Å². The topological polar surface area (TPSA) is 123 Å². The smallest absolute Gasteiger partial charge is 0.271 e. The molecule has 32 heavy (non-hydrogen) atoms. The normalized spacial score (nSPS) is 13.2. The van der Waals surface area contributed by atoms with Gasteiger partial charge in [0.15, 0.2) is 0 Å². The third-order valence-corrected chi connectivity index (χ3v) is 5.02. The van der Waals surface area contributed by atoms with E-state index in [-0.39, 0.29) is 25.0 Å². The summed E-state index contributed by atoms with van der Waals surface area (Å²) in [7, 11) is 1.72. The second-order valence-electron chi connectivity index (χ2n) is 7.18. The summed E-state index contributed by atoms with van der Waals surface area (Å²) in [5.74, 6) is 0.408. The first kappa shape index (κ1) is 25.3. The average molecular weight is 461 g/mol. The van der Waals surface area contributed by atoms with Gasteiger partial charge in [-0.3, -0.25) is 9.79 Å². The minimum atomic E-state index is -0.655. The van der Waals surface area contributed by atoms with Gasteiger partial charge in [0.2, 0.25) is 5.95 Å². The van der Waals surface area contributed by atoms with Crippen LogP contribution in [-0.2, 0) is 4.79 Å². The van der Waals surface area contributed by atoms with Crippen molar-refractivity contribution in [3.63, 3.8) is 0 Å². The van der Waals surface area contributed by atoms with Crippen molar-refractivity contribution in [3.05, 3.63) is 58.5 Å². The number of carbonyl (C=O) groups excluding carboxylic acids is 1. The molecule has 1 amide bonds. The number of amides is 1. The van der Waals surface area contributed by atoms with Gasteiger partial charge in [-0.2, -0.15) is 4.98 Å². The van der Waals surface area contributed by atoms with Crippen molar-refractivity contribution in [1.29, 1.82) is 0 Å². The molecular weight excluding hydrogens is 432 g/mol.